The van der Waals surface area contributed by atoms with Crippen LogP contribution in [0.2, 0.25) is 0 Å². The standard InChI is InChI=1S/C23H29BrN2O4/c1-4-14-10-26-8-7-16-21-19(6-5-18(24)23(21)29-3)25-22(16)20(26)9-17(14)15(11-28-2)12-30-13-27/h5-6,11,13-14,17,20,25H,4,7-10,12H2,1-3H3/t14-,17+,20+/m1/s1. The minimum atomic E-state index is 0.283. The van der Waals surface area contributed by atoms with E-state index >= 15 is 0 Å². The Labute approximate surface area is 185 Å². The van der Waals surface area contributed by atoms with Gasteiger partial charge in [0, 0.05) is 35.3 Å². The number of H-pyrrole nitrogens is 1. The van der Waals surface area contributed by atoms with Crippen molar-refractivity contribution in [2.45, 2.75) is 32.2 Å². The third kappa shape index (κ3) is 3.62. The molecule has 162 valence electrons. The van der Waals surface area contributed by atoms with Gasteiger partial charge < -0.3 is 19.2 Å². The fourth-order valence-electron chi connectivity index (χ4n) is 5.38. The lowest BCUT2D eigenvalue weighted by atomic mass is 9.74. The Bertz CT molecular complexity index is 954. The first-order valence-corrected chi connectivity index (χ1v) is 11.3. The maximum absolute atomic E-state index is 10.8. The van der Waals surface area contributed by atoms with Crippen LogP contribution in [0.25, 0.3) is 10.9 Å². The van der Waals surface area contributed by atoms with Crippen molar-refractivity contribution in [2.75, 3.05) is 33.9 Å². The van der Waals surface area contributed by atoms with Crippen molar-refractivity contribution in [2.24, 2.45) is 11.8 Å². The molecule has 0 bridgehead atoms. The average molecular weight is 477 g/mol. The van der Waals surface area contributed by atoms with Gasteiger partial charge in [0.15, 0.2) is 0 Å². The third-order valence-electron chi connectivity index (χ3n) is 6.74. The van der Waals surface area contributed by atoms with E-state index in [4.69, 9.17) is 14.2 Å². The quantitative estimate of drug-likeness (QED) is 0.467. The second kappa shape index (κ2) is 9.02. The van der Waals surface area contributed by atoms with Crippen LogP contribution in [0.4, 0.5) is 0 Å². The van der Waals surface area contributed by atoms with Gasteiger partial charge in [-0.1, -0.05) is 13.3 Å². The number of ether oxygens (including phenoxy) is 3. The summed E-state index contributed by atoms with van der Waals surface area (Å²) >= 11 is 3.63. The maximum Gasteiger partial charge on any atom is 0.293 e. The summed E-state index contributed by atoms with van der Waals surface area (Å²) < 4.78 is 17.2. The molecule has 0 spiro atoms. The molecule has 3 heterocycles. The average Bonchev–Trinajstić information content (AvgIpc) is 3.15. The molecule has 0 unspecified atom stereocenters. The number of carbonyl (C=O) groups is 1. The number of nitrogens with zero attached hydrogens (tertiary/aromatic N) is 1. The third-order valence-corrected chi connectivity index (χ3v) is 7.36. The molecule has 30 heavy (non-hydrogen) atoms. The molecule has 0 saturated carbocycles. The van der Waals surface area contributed by atoms with Gasteiger partial charge in [0.1, 0.15) is 12.4 Å². The summed E-state index contributed by atoms with van der Waals surface area (Å²) in [5.41, 5.74) is 4.83. The van der Waals surface area contributed by atoms with Gasteiger partial charge in [-0.3, -0.25) is 9.69 Å². The van der Waals surface area contributed by atoms with Crippen molar-refractivity contribution in [1.29, 1.82) is 0 Å². The smallest absolute Gasteiger partial charge is 0.293 e. The molecule has 7 heteroatoms. The second-order valence-corrected chi connectivity index (χ2v) is 8.98. The molecule has 1 N–H and O–H groups in total. The number of aromatic amines is 1. The van der Waals surface area contributed by atoms with Gasteiger partial charge in [-0.25, -0.2) is 0 Å². The SMILES string of the molecule is CC[C@@H]1CN2CCc3c([nH]c4ccc(Br)c(OC)c34)[C@@H]2C[C@@H]1C(=COC)COC=O. The molecule has 2 aliphatic heterocycles. The number of piperidine rings is 1. The van der Waals surface area contributed by atoms with Crippen LogP contribution in [0.5, 0.6) is 5.75 Å². The summed E-state index contributed by atoms with van der Waals surface area (Å²) in [5.74, 6) is 1.71. The number of hydrogen-bond donors (Lipinski definition) is 1. The normalized spacial score (nSPS) is 24.3. The van der Waals surface area contributed by atoms with Gasteiger partial charge in [-0.05, 0) is 58.3 Å². The Morgan fingerprint density at radius 3 is 2.90 bits per heavy atom. The zero-order valence-electron chi connectivity index (χ0n) is 17.7. The summed E-state index contributed by atoms with van der Waals surface area (Å²) in [6, 6.07) is 4.45. The molecule has 0 aliphatic carbocycles. The minimum Gasteiger partial charge on any atom is -0.504 e. The topological polar surface area (TPSA) is 63.8 Å². The van der Waals surface area contributed by atoms with Crippen LogP contribution in [0.1, 0.15) is 37.1 Å². The van der Waals surface area contributed by atoms with Crippen LogP contribution in [-0.4, -0.2) is 50.3 Å². The molecule has 0 radical (unpaired) electrons. The zero-order chi connectivity index (χ0) is 21.3. The Morgan fingerprint density at radius 1 is 1.37 bits per heavy atom. The van der Waals surface area contributed by atoms with Crippen LogP contribution < -0.4 is 4.74 Å². The first-order chi connectivity index (χ1) is 14.6. The van der Waals surface area contributed by atoms with Gasteiger partial charge in [0.25, 0.3) is 6.47 Å². The van der Waals surface area contributed by atoms with Crippen molar-refractivity contribution >= 4 is 33.3 Å². The van der Waals surface area contributed by atoms with Gasteiger partial charge in [-0.2, -0.15) is 0 Å². The number of halogens is 1. The van der Waals surface area contributed by atoms with E-state index in [0.717, 1.165) is 53.7 Å². The highest BCUT2D eigenvalue weighted by Gasteiger charge is 2.41. The Hall–Kier alpha value is -1.99. The van der Waals surface area contributed by atoms with Crippen LogP contribution in [-0.2, 0) is 20.7 Å². The van der Waals surface area contributed by atoms with E-state index in [9.17, 15) is 4.79 Å². The predicted octanol–water partition coefficient (Wildman–Crippen LogP) is 4.59. The van der Waals surface area contributed by atoms with Gasteiger partial charge in [0.2, 0.25) is 0 Å². The molecule has 2 aromatic rings. The fraction of sp³-hybridized carbons (Fsp3) is 0.522. The fourth-order valence-corrected chi connectivity index (χ4v) is 5.87. The van der Waals surface area contributed by atoms with Crippen LogP contribution in [0.3, 0.4) is 0 Å². The molecule has 1 fully saturated rings. The first kappa shape index (κ1) is 21.2. The molecule has 1 saturated heterocycles. The molecule has 1 aromatic carbocycles. The van der Waals surface area contributed by atoms with Crippen LogP contribution >= 0.6 is 15.9 Å². The van der Waals surface area contributed by atoms with E-state index in [1.54, 1.807) is 20.5 Å². The lowest BCUT2D eigenvalue weighted by molar-refractivity contribution is -0.128. The minimum absolute atomic E-state index is 0.283. The maximum atomic E-state index is 10.8. The first-order valence-electron chi connectivity index (χ1n) is 10.5. The van der Waals surface area contributed by atoms with Crippen molar-refractivity contribution in [3.05, 3.63) is 39.7 Å². The summed E-state index contributed by atoms with van der Waals surface area (Å²) in [6.45, 7) is 5.11. The highest BCUT2D eigenvalue weighted by Crippen LogP contribution is 2.47. The van der Waals surface area contributed by atoms with Crippen LogP contribution in [0, 0.1) is 11.8 Å². The summed E-state index contributed by atoms with van der Waals surface area (Å²) in [4.78, 5) is 17.1. The number of benzene rings is 1. The summed E-state index contributed by atoms with van der Waals surface area (Å²) in [6.07, 6.45) is 4.83. The van der Waals surface area contributed by atoms with E-state index in [0.29, 0.717) is 24.3 Å². The molecule has 1 aromatic heterocycles. The van der Waals surface area contributed by atoms with E-state index in [1.807, 2.05) is 6.07 Å². The van der Waals surface area contributed by atoms with E-state index in [1.165, 1.54) is 16.6 Å². The van der Waals surface area contributed by atoms with Gasteiger partial charge >= 0.3 is 0 Å². The monoisotopic (exact) mass is 476 g/mol. The Morgan fingerprint density at radius 2 is 2.20 bits per heavy atom. The molecule has 6 nitrogen and oxygen atoms in total. The number of carbonyl (C=O) groups excluding carboxylic acids is 1. The van der Waals surface area contributed by atoms with Gasteiger partial charge in [-0.15, -0.1) is 0 Å². The predicted molar refractivity (Wildman–Crippen MR) is 120 cm³/mol. The van der Waals surface area contributed by atoms with Crippen molar-refractivity contribution in [3.63, 3.8) is 0 Å². The summed E-state index contributed by atoms with van der Waals surface area (Å²) in [7, 11) is 3.38. The number of nitrogens with one attached hydrogen (secondary N) is 1. The second-order valence-electron chi connectivity index (χ2n) is 8.13. The summed E-state index contributed by atoms with van der Waals surface area (Å²) in [5, 5.41) is 1.19. The highest BCUT2D eigenvalue weighted by atomic mass is 79.9. The zero-order valence-corrected chi connectivity index (χ0v) is 19.3. The highest BCUT2D eigenvalue weighted by molar-refractivity contribution is 9.10. The van der Waals surface area contributed by atoms with Gasteiger partial charge in [0.05, 0.1) is 31.0 Å². The van der Waals surface area contributed by atoms with Crippen molar-refractivity contribution in [3.8, 4) is 5.75 Å². The molecular formula is C23H29BrN2O4. The number of hydrogen-bond acceptors (Lipinski definition) is 5. The number of rotatable bonds is 7. The van der Waals surface area contributed by atoms with E-state index in [-0.39, 0.29) is 6.61 Å². The molecule has 4 rings (SSSR count). The van der Waals surface area contributed by atoms with E-state index in [2.05, 4.69) is 38.8 Å². The number of aromatic nitrogens is 1. The van der Waals surface area contributed by atoms with Crippen molar-refractivity contribution in [1.82, 2.24) is 9.88 Å². The molecule has 0 amide bonds. The number of methoxy groups -OCH3 is 2. The lowest BCUT2D eigenvalue weighted by Crippen LogP contribution is -2.46. The Kier molecular flexibility index (Phi) is 6.39. The van der Waals surface area contributed by atoms with Crippen LogP contribution in [0.15, 0.2) is 28.4 Å². The lowest BCUT2D eigenvalue weighted by Gasteiger charge is -2.46. The molecule has 3 atom stereocenters. The number of fused-ring (bicyclic) bond motifs is 5. The Balaban J connectivity index is 1.74. The van der Waals surface area contributed by atoms with E-state index < -0.39 is 0 Å². The van der Waals surface area contributed by atoms with Crippen molar-refractivity contribution < 1.29 is 19.0 Å². The largest absolute Gasteiger partial charge is 0.504 e. The molecule has 2 aliphatic rings. The molecular weight excluding hydrogens is 448 g/mol.